The van der Waals surface area contributed by atoms with Crippen LogP contribution in [0.1, 0.15) is 12.8 Å². The SMILES string of the molecule is O=S(=O)([O-])CCCCO. The summed E-state index contributed by atoms with van der Waals surface area (Å²) in [7, 11) is -4.06. The van der Waals surface area contributed by atoms with Crippen LogP contribution in [0.4, 0.5) is 0 Å². The van der Waals surface area contributed by atoms with Gasteiger partial charge in [0.1, 0.15) is 0 Å². The van der Waals surface area contributed by atoms with E-state index in [9.17, 15) is 13.0 Å². The summed E-state index contributed by atoms with van der Waals surface area (Å²) in [5.74, 6) is -0.367. The van der Waals surface area contributed by atoms with Crippen molar-refractivity contribution in [2.24, 2.45) is 0 Å². The van der Waals surface area contributed by atoms with E-state index in [0.717, 1.165) is 0 Å². The Morgan fingerprint density at radius 2 is 1.89 bits per heavy atom. The van der Waals surface area contributed by atoms with Gasteiger partial charge < -0.3 is 9.66 Å². The second-order valence-electron chi connectivity index (χ2n) is 1.69. The Morgan fingerprint density at radius 3 is 2.22 bits per heavy atom. The molecule has 56 valence electrons. The van der Waals surface area contributed by atoms with Crippen LogP contribution in [-0.2, 0) is 10.1 Å². The van der Waals surface area contributed by atoms with Crippen molar-refractivity contribution in [1.29, 1.82) is 0 Å². The maximum Gasteiger partial charge on any atom is 0.0945 e. The molecule has 0 saturated heterocycles. The van der Waals surface area contributed by atoms with Gasteiger partial charge in [-0.25, -0.2) is 8.42 Å². The van der Waals surface area contributed by atoms with E-state index in [0.29, 0.717) is 6.42 Å². The maximum absolute atomic E-state index is 9.87. The van der Waals surface area contributed by atoms with Crippen LogP contribution < -0.4 is 0 Å². The fourth-order valence-corrected chi connectivity index (χ4v) is 0.948. The van der Waals surface area contributed by atoms with E-state index < -0.39 is 10.1 Å². The minimum absolute atomic E-state index is 0.0600. The number of aliphatic hydroxyl groups excluding tert-OH is 1. The first-order chi connectivity index (χ1) is 4.06. The van der Waals surface area contributed by atoms with Crippen molar-refractivity contribution < 1.29 is 18.1 Å². The molecule has 0 bridgehead atoms. The molecule has 0 unspecified atom stereocenters. The van der Waals surface area contributed by atoms with Gasteiger partial charge in [-0.1, -0.05) is 0 Å². The Labute approximate surface area is 54.3 Å². The molecule has 0 aliphatic carbocycles. The van der Waals surface area contributed by atoms with E-state index >= 15 is 0 Å². The van der Waals surface area contributed by atoms with Crippen molar-refractivity contribution in [3.63, 3.8) is 0 Å². The Kier molecular flexibility index (Phi) is 3.76. The number of hydrogen-bond acceptors (Lipinski definition) is 4. The van der Waals surface area contributed by atoms with Crippen molar-refractivity contribution in [3.05, 3.63) is 0 Å². The Hall–Kier alpha value is -0.130. The fourth-order valence-electron chi connectivity index (χ4n) is 0.391. The average molecular weight is 153 g/mol. The number of hydrogen-bond donors (Lipinski definition) is 1. The molecule has 0 aliphatic rings. The molecular formula is C4H9O4S-. The standard InChI is InChI=1S/C4H10O4S/c5-3-1-2-4-9(6,7)8/h5H,1-4H2,(H,6,7,8)/p-1. The van der Waals surface area contributed by atoms with Crippen LogP contribution in [0.15, 0.2) is 0 Å². The highest BCUT2D eigenvalue weighted by molar-refractivity contribution is 7.85. The molecule has 4 nitrogen and oxygen atoms in total. The van der Waals surface area contributed by atoms with Crippen LogP contribution in [0.5, 0.6) is 0 Å². The molecule has 0 saturated carbocycles. The lowest BCUT2D eigenvalue weighted by Crippen LogP contribution is -2.04. The predicted molar refractivity (Wildman–Crippen MR) is 30.9 cm³/mol. The largest absolute Gasteiger partial charge is 0.748 e. The zero-order chi connectivity index (χ0) is 7.33. The Morgan fingerprint density at radius 1 is 1.33 bits per heavy atom. The van der Waals surface area contributed by atoms with Gasteiger partial charge in [0, 0.05) is 12.4 Å². The summed E-state index contributed by atoms with van der Waals surface area (Å²) >= 11 is 0. The third-order valence-corrected chi connectivity index (χ3v) is 1.59. The molecule has 0 rings (SSSR count). The minimum Gasteiger partial charge on any atom is -0.748 e. The van der Waals surface area contributed by atoms with Gasteiger partial charge in [-0.05, 0) is 12.8 Å². The zero-order valence-electron chi connectivity index (χ0n) is 4.91. The fraction of sp³-hybridized carbons (Fsp3) is 1.00. The first-order valence-corrected chi connectivity index (χ1v) is 4.18. The van der Waals surface area contributed by atoms with Crippen molar-refractivity contribution in [2.45, 2.75) is 12.8 Å². The summed E-state index contributed by atoms with van der Waals surface area (Å²) in [5.41, 5.74) is 0. The van der Waals surface area contributed by atoms with Gasteiger partial charge in [0.05, 0.1) is 10.1 Å². The molecule has 0 spiro atoms. The number of aliphatic hydroxyl groups is 1. The molecule has 0 aliphatic heterocycles. The topological polar surface area (TPSA) is 77.4 Å². The lowest BCUT2D eigenvalue weighted by Gasteiger charge is -2.03. The van der Waals surface area contributed by atoms with Crippen LogP contribution in [0.25, 0.3) is 0 Å². The van der Waals surface area contributed by atoms with Crippen molar-refractivity contribution in [1.82, 2.24) is 0 Å². The van der Waals surface area contributed by atoms with Crippen molar-refractivity contribution in [2.75, 3.05) is 12.4 Å². The summed E-state index contributed by atoms with van der Waals surface area (Å²) in [6, 6.07) is 0. The Balaban J connectivity index is 3.30. The van der Waals surface area contributed by atoms with E-state index in [-0.39, 0.29) is 18.8 Å². The summed E-state index contributed by atoms with van der Waals surface area (Å²) in [6.07, 6.45) is 0.629. The first kappa shape index (κ1) is 8.87. The molecule has 1 N–H and O–H groups in total. The van der Waals surface area contributed by atoms with E-state index in [1.807, 2.05) is 0 Å². The van der Waals surface area contributed by atoms with Crippen LogP contribution in [-0.4, -0.2) is 30.4 Å². The molecule has 0 aromatic carbocycles. The molecule has 0 aromatic rings. The second kappa shape index (κ2) is 3.81. The van der Waals surface area contributed by atoms with Gasteiger partial charge in [-0.2, -0.15) is 0 Å². The summed E-state index contributed by atoms with van der Waals surface area (Å²) in [6.45, 7) is -0.0600. The molecule has 0 atom stereocenters. The smallest absolute Gasteiger partial charge is 0.0945 e. The highest BCUT2D eigenvalue weighted by Crippen LogP contribution is 1.91. The van der Waals surface area contributed by atoms with Crippen LogP contribution in [0.2, 0.25) is 0 Å². The monoisotopic (exact) mass is 153 g/mol. The Bertz CT molecular complexity index is 148. The third-order valence-electron chi connectivity index (χ3n) is 0.802. The summed E-state index contributed by atoms with van der Waals surface area (Å²) in [5, 5.41) is 8.17. The van der Waals surface area contributed by atoms with Gasteiger partial charge in [0.2, 0.25) is 0 Å². The lowest BCUT2D eigenvalue weighted by molar-refractivity contribution is 0.286. The molecule has 0 fully saturated rings. The molecule has 0 aromatic heterocycles. The zero-order valence-corrected chi connectivity index (χ0v) is 5.73. The molecular weight excluding hydrogens is 144 g/mol. The van der Waals surface area contributed by atoms with E-state index in [4.69, 9.17) is 5.11 Å². The third kappa shape index (κ3) is 7.87. The number of unbranched alkanes of at least 4 members (excludes halogenated alkanes) is 1. The molecule has 0 amide bonds. The minimum atomic E-state index is -4.06. The quantitative estimate of drug-likeness (QED) is 0.428. The van der Waals surface area contributed by atoms with Gasteiger partial charge in [0.15, 0.2) is 0 Å². The van der Waals surface area contributed by atoms with E-state index in [1.165, 1.54) is 0 Å². The van der Waals surface area contributed by atoms with E-state index in [2.05, 4.69) is 0 Å². The van der Waals surface area contributed by atoms with E-state index in [1.54, 1.807) is 0 Å². The normalized spacial score (nSPS) is 11.8. The molecule has 0 radical (unpaired) electrons. The van der Waals surface area contributed by atoms with Gasteiger partial charge >= 0.3 is 0 Å². The van der Waals surface area contributed by atoms with Crippen LogP contribution >= 0.6 is 0 Å². The molecule has 5 heteroatoms. The highest BCUT2D eigenvalue weighted by atomic mass is 32.2. The lowest BCUT2D eigenvalue weighted by atomic mass is 10.4. The van der Waals surface area contributed by atoms with Crippen molar-refractivity contribution >= 4 is 10.1 Å². The highest BCUT2D eigenvalue weighted by Gasteiger charge is 1.92. The maximum atomic E-state index is 9.87. The van der Waals surface area contributed by atoms with Crippen molar-refractivity contribution in [3.8, 4) is 0 Å². The molecule has 9 heavy (non-hydrogen) atoms. The predicted octanol–water partition coefficient (Wildman–Crippen LogP) is -0.696. The van der Waals surface area contributed by atoms with Gasteiger partial charge in [-0.15, -0.1) is 0 Å². The van der Waals surface area contributed by atoms with Gasteiger partial charge in [0.25, 0.3) is 0 Å². The van der Waals surface area contributed by atoms with Gasteiger partial charge in [-0.3, -0.25) is 0 Å². The first-order valence-electron chi connectivity index (χ1n) is 2.60. The summed E-state index contributed by atoms with van der Waals surface area (Å²) in [4.78, 5) is 0. The summed E-state index contributed by atoms with van der Waals surface area (Å²) < 4.78 is 29.6. The average Bonchev–Trinajstić information content (AvgIpc) is 1.63. The number of rotatable bonds is 4. The molecule has 0 heterocycles. The second-order valence-corrected chi connectivity index (χ2v) is 3.22. The van der Waals surface area contributed by atoms with Crippen LogP contribution in [0.3, 0.4) is 0 Å². The van der Waals surface area contributed by atoms with Crippen LogP contribution in [0, 0.1) is 0 Å².